The van der Waals surface area contributed by atoms with Gasteiger partial charge in [-0.2, -0.15) is 0 Å². The smallest absolute Gasteiger partial charge is 0.312 e. The predicted molar refractivity (Wildman–Crippen MR) is 252 cm³/mol. The summed E-state index contributed by atoms with van der Waals surface area (Å²) in [5.74, 6) is -3.10. The Hall–Kier alpha value is -6.55. The molecule has 0 bridgehead atoms. The largest absolute Gasteiger partial charge is 0.460 e. The van der Waals surface area contributed by atoms with Gasteiger partial charge in [0.05, 0.1) is 27.1 Å². The highest BCUT2D eigenvalue weighted by atomic mass is 16.6. The Balaban J connectivity index is 1.55. The van der Waals surface area contributed by atoms with E-state index in [2.05, 4.69) is 0 Å². The van der Waals surface area contributed by atoms with Crippen LogP contribution in [0.1, 0.15) is 102 Å². The fraction of sp³-hybridized carbons (Fsp3) is 0.375. The highest BCUT2D eigenvalue weighted by molar-refractivity contribution is 5.85. The topological polar surface area (TPSA) is 132 Å². The number of hydrogen-bond acceptors (Lipinski definition) is 10. The Morgan fingerprint density at radius 2 is 0.470 bits per heavy atom. The van der Waals surface area contributed by atoms with Crippen LogP contribution in [0.25, 0.3) is 0 Å². The third kappa shape index (κ3) is 14.5. The second-order valence-electron chi connectivity index (χ2n) is 19.5. The molecule has 0 spiro atoms. The first-order chi connectivity index (χ1) is 31.3. The molecule has 0 saturated heterocycles. The molecule has 2 unspecified atom stereocenters. The third-order valence-corrected chi connectivity index (χ3v) is 11.9. The second kappa shape index (κ2) is 22.6. The lowest BCUT2D eigenvalue weighted by Crippen LogP contribution is -2.48. The zero-order valence-electron chi connectivity index (χ0n) is 39.4. The van der Waals surface area contributed by atoms with Gasteiger partial charge in [-0.15, -0.1) is 0 Å². The van der Waals surface area contributed by atoms with E-state index < -0.39 is 56.9 Å². The summed E-state index contributed by atoms with van der Waals surface area (Å²) < 4.78 is 29.9. The maximum Gasteiger partial charge on any atom is 0.312 e. The van der Waals surface area contributed by atoms with Crippen LogP contribution in [0.5, 0.6) is 0 Å². The van der Waals surface area contributed by atoms with Gasteiger partial charge in [0.2, 0.25) is 0 Å². The van der Waals surface area contributed by atoms with E-state index in [0.29, 0.717) is 0 Å². The van der Waals surface area contributed by atoms with Crippen LogP contribution in [-0.4, -0.2) is 29.8 Å². The lowest BCUT2D eigenvalue weighted by molar-refractivity contribution is -0.175. The van der Waals surface area contributed by atoms with Crippen LogP contribution >= 0.6 is 0 Å². The first-order valence-electron chi connectivity index (χ1n) is 22.4. The van der Waals surface area contributed by atoms with Crippen molar-refractivity contribution < 1.29 is 47.7 Å². The fourth-order valence-electron chi connectivity index (χ4n) is 8.97. The van der Waals surface area contributed by atoms with Crippen LogP contribution < -0.4 is 0 Å². The van der Waals surface area contributed by atoms with Gasteiger partial charge in [0.15, 0.2) is 0 Å². The van der Waals surface area contributed by atoms with Crippen molar-refractivity contribution >= 4 is 29.8 Å². The number of benzene rings is 5. The first-order valence-corrected chi connectivity index (χ1v) is 22.4. The van der Waals surface area contributed by atoms with Crippen LogP contribution in [0.4, 0.5) is 0 Å². The van der Waals surface area contributed by atoms with Crippen molar-refractivity contribution in [2.75, 3.05) is 0 Å². The van der Waals surface area contributed by atoms with Crippen LogP contribution in [0.2, 0.25) is 0 Å². The molecule has 0 aromatic heterocycles. The summed E-state index contributed by atoms with van der Waals surface area (Å²) in [6.07, 6.45) is -0.654. The van der Waals surface area contributed by atoms with Gasteiger partial charge in [0, 0.05) is 0 Å². The summed E-state index contributed by atoms with van der Waals surface area (Å²) >= 11 is 0. The molecule has 5 aromatic carbocycles. The Labute approximate surface area is 390 Å². The van der Waals surface area contributed by atoms with E-state index in [-0.39, 0.29) is 58.7 Å². The van der Waals surface area contributed by atoms with Gasteiger partial charge in [-0.1, -0.05) is 152 Å². The zero-order valence-corrected chi connectivity index (χ0v) is 39.4. The Bertz CT molecular complexity index is 2210. The maximum atomic E-state index is 15.0. The lowest BCUT2D eigenvalue weighted by Gasteiger charge is -2.44. The molecule has 0 amide bonds. The van der Waals surface area contributed by atoms with Crippen molar-refractivity contribution in [1.29, 1.82) is 0 Å². The number of hydrogen-bond donors (Lipinski definition) is 0. The van der Waals surface area contributed by atoms with E-state index in [4.69, 9.17) is 23.7 Å². The minimum atomic E-state index is -1.64. The Morgan fingerprint density at radius 3 is 0.682 bits per heavy atom. The molecule has 10 heteroatoms. The van der Waals surface area contributed by atoms with Crippen LogP contribution in [0, 0.1) is 27.1 Å². The first kappa shape index (κ1) is 50.4. The summed E-state index contributed by atoms with van der Waals surface area (Å²) in [5, 5.41) is 0. The predicted octanol–water partition coefficient (Wildman–Crippen LogP) is 11.3. The summed E-state index contributed by atoms with van der Waals surface area (Å²) in [6, 6.07) is 46.1. The van der Waals surface area contributed by atoms with Crippen LogP contribution in [-0.2, 0) is 80.7 Å². The number of carbonyl (C=O) groups excluding carboxylic acids is 5. The van der Waals surface area contributed by atoms with Gasteiger partial charge in [-0.05, 0) is 102 Å². The molecule has 0 N–H and O–H groups in total. The number of ether oxygens (including phenoxy) is 5. The number of esters is 5. The van der Waals surface area contributed by atoms with Gasteiger partial charge >= 0.3 is 29.8 Å². The highest BCUT2D eigenvalue weighted by Crippen LogP contribution is 2.52. The normalized spacial score (nSPS) is 14.3. The van der Waals surface area contributed by atoms with E-state index in [1.54, 1.807) is 48.5 Å². The van der Waals surface area contributed by atoms with Crippen molar-refractivity contribution in [3.63, 3.8) is 0 Å². The molecular formula is C56H64O10. The molecule has 5 aromatic rings. The molecule has 2 atom stereocenters. The fourth-order valence-corrected chi connectivity index (χ4v) is 8.97. The van der Waals surface area contributed by atoms with Crippen molar-refractivity contribution in [1.82, 2.24) is 0 Å². The molecule has 0 aliphatic rings. The minimum absolute atomic E-state index is 0.0226. The quantitative estimate of drug-likeness (QED) is 0.0461. The van der Waals surface area contributed by atoms with Crippen molar-refractivity contribution in [3.8, 4) is 0 Å². The average Bonchev–Trinajstić information content (AvgIpc) is 3.31. The molecule has 5 rings (SSSR count). The summed E-state index contributed by atoms with van der Waals surface area (Å²) in [7, 11) is 0. The summed E-state index contributed by atoms with van der Waals surface area (Å²) in [4.78, 5) is 72.5. The van der Waals surface area contributed by atoms with Crippen LogP contribution in [0.15, 0.2) is 152 Å². The van der Waals surface area contributed by atoms with E-state index in [0.717, 1.165) is 27.8 Å². The second-order valence-corrected chi connectivity index (χ2v) is 19.5. The summed E-state index contributed by atoms with van der Waals surface area (Å²) in [6.45, 7) is 11.6. The maximum absolute atomic E-state index is 15.0. The van der Waals surface area contributed by atoms with Crippen molar-refractivity contribution in [3.05, 3.63) is 179 Å². The monoisotopic (exact) mass is 896 g/mol. The van der Waals surface area contributed by atoms with Crippen molar-refractivity contribution in [2.24, 2.45) is 27.1 Å². The molecule has 0 radical (unpaired) electrons. The van der Waals surface area contributed by atoms with E-state index >= 15 is 4.79 Å². The van der Waals surface area contributed by atoms with Crippen molar-refractivity contribution in [2.45, 2.75) is 107 Å². The molecule has 0 saturated carbocycles. The van der Waals surface area contributed by atoms with E-state index in [1.165, 1.54) is 0 Å². The van der Waals surface area contributed by atoms with E-state index in [9.17, 15) is 19.2 Å². The Kier molecular flexibility index (Phi) is 17.3. The molecule has 348 valence electrons. The lowest BCUT2D eigenvalue weighted by atomic mass is 9.60. The molecule has 66 heavy (non-hydrogen) atoms. The SMILES string of the molecule is CC(C)(CC(C)(CC(C)(CC(C)(CC(C)(C)C(=O)OCc1ccccc1)C(=O)OCc1ccccc1)C(=O)OCc1ccccc1)C(=O)OCc1ccccc1)C(=O)OCc1ccccc1. The van der Waals surface area contributed by atoms with Gasteiger partial charge in [-0.25, -0.2) is 0 Å². The standard InChI is InChI=1S/C56H64O10/c1-52(2,47(57)62-33-42-23-13-8-14-24-42)38-54(5,49(59)64-35-44-27-17-10-18-28-44)40-56(7,51(61)66-37-46-31-21-12-22-32-46)41-55(6,50(60)65-36-45-29-19-11-20-30-45)39-53(3,4)48(58)63-34-43-25-15-9-16-26-43/h8-32H,33-41H2,1-7H3. The van der Waals surface area contributed by atoms with E-state index in [1.807, 2.05) is 152 Å². The number of rotatable bonds is 23. The average molecular weight is 897 g/mol. The van der Waals surface area contributed by atoms with Gasteiger partial charge in [0.25, 0.3) is 0 Å². The van der Waals surface area contributed by atoms with Gasteiger partial charge in [-0.3, -0.25) is 24.0 Å². The third-order valence-electron chi connectivity index (χ3n) is 11.9. The van der Waals surface area contributed by atoms with Gasteiger partial charge < -0.3 is 23.7 Å². The zero-order chi connectivity index (χ0) is 47.9. The summed E-state index contributed by atoms with van der Waals surface area (Å²) in [5.41, 5.74) is -3.47. The highest BCUT2D eigenvalue weighted by Gasteiger charge is 2.55. The van der Waals surface area contributed by atoms with Crippen LogP contribution in [0.3, 0.4) is 0 Å². The number of carbonyl (C=O) groups is 5. The molecule has 0 aliphatic heterocycles. The minimum Gasteiger partial charge on any atom is -0.460 e. The molecule has 0 fully saturated rings. The van der Waals surface area contributed by atoms with Gasteiger partial charge in [0.1, 0.15) is 33.0 Å². The molecular weight excluding hydrogens is 833 g/mol. The molecule has 0 aliphatic carbocycles. The Morgan fingerprint density at radius 1 is 0.288 bits per heavy atom. The molecule has 10 nitrogen and oxygen atoms in total. The molecule has 0 heterocycles.